The van der Waals surface area contributed by atoms with E-state index in [2.05, 4.69) is 18.3 Å². The van der Waals surface area contributed by atoms with Crippen LogP contribution in [0.25, 0.3) is 0 Å². The minimum Gasteiger partial charge on any atom is -0.497 e. The summed E-state index contributed by atoms with van der Waals surface area (Å²) in [7, 11) is 1.64. The molecule has 0 atom stereocenters. The maximum Gasteiger partial charge on any atom is 0.127 e. The molecule has 4 heteroatoms. The zero-order chi connectivity index (χ0) is 15.0. The molecule has 0 heterocycles. The maximum atomic E-state index is 9.01. The Hall–Kier alpha value is -1.73. The number of benzene rings is 1. The molecule has 1 rings (SSSR count). The second kappa shape index (κ2) is 7.76. The van der Waals surface area contributed by atoms with Crippen molar-refractivity contribution in [1.82, 2.24) is 5.32 Å². The van der Waals surface area contributed by atoms with Crippen LogP contribution in [0.2, 0.25) is 0 Å². The molecule has 0 fully saturated rings. The standard InChI is InChI=1S/C16H24N2O2/c1-5-18-11-13-6-7-14(19-4)10-15(13)20-9-8-16(2,3)12-17/h6-7,10,18H,5,8-9,11H2,1-4H3. The van der Waals surface area contributed by atoms with Crippen LogP contribution in [-0.4, -0.2) is 20.3 Å². The smallest absolute Gasteiger partial charge is 0.127 e. The van der Waals surface area contributed by atoms with Crippen LogP contribution in [0.3, 0.4) is 0 Å². The van der Waals surface area contributed by atoms with E-state index in [0.29, 0.717) is 13.0 Å². The third-order valence-electron chi connectivity index (χ3n) is 3.13. The highest BCUT2D eigenvalue weighted by Gasteiger charge is 2.17. The van der Waals surface area contributed by atoms with Gasteiger partial charge in [0.2, 0.25) is 0 Å². The number of nitrogens with zero attached hydrogens (tertiary/aromatic N) is 1. The molecule has 0 bridgehead atoms. The third-order valence-corrected chi connectivity index (χ3v) is 3.13. The summed E-state index contributed by atoms with van der Waals surface area (Å²) in [5.41, 5.74) is 0.739. The van der Waals surface area contributed by atoms with Crippen molar-refractivity contribution in [3.05, 3.63) is 23.8 Å². The van der Waals surface area contributed by atoms with Crippen LogP contribution < -0.4 is 14.8 Å². The van der Waals surface area contributed by atoms with E-state index in [1.165, 1.54) is 0 Å². The lowest BCUT2D eigenvalue weighted by Gasteiger charge is -2.17. The Morgan fingerprint density at radius 2 is 2.10 bits per heavy atom. The first-order chi connectivity index (χ1) is 9.52. The molecule has 0 aromatic heterocycles. The number of nitriles is 1. The third kappa shape index (κ3) is 5.10. The Bertz CT molecular complexity index is 464. The van der Waals surface area contributed by atoms with E-state index in [0.717, 1.165) is 30.2 Å². The first kappa shape index (κ1) is 16.3. The van der Waals surface area contributed by atoms with Crippen molar-refractivity contribution in [2.24, 2.45) is 5.41 Å². The zero-order valence-electron chi connectivity index (χ0n) is 12.8. The summed E-state index contributed by atoms with van der Waals surface area (Å²) < 4.78 is 11.1. The minimum absolute atomic E-state index is 0.360. The van der Waals surface area contributed by atoms with E-state index >= 15 is 0 Å². The fraction of sp³-hybridized carbons (Fsp3) is 0.562. The van der Waals surface area contributed by atoms with Gasteiger partial charge in [-0.1, -0.05) is 13.0 Å². The average Bonchev–Trinajstić information content (AvgIpc) is 2.45. The van der Waals surface area contributed by atoms with Gasteiger partial charge in [0.25, 0.3) is 0 Å². The molecule has 0 unspecified atom stereocenters. The fourth-order valence-corrected chi connectivity index (χ4v) is 1.67. The lowest BCUT2D eigenvalue weighted by atomic mass is 9.92. The van der Waals surface area contributed by atoms with Gasteiger partial charge in [-0.25, -0.2) is 0 Å². The molecule has 0 amide bonds. The molecule has 0 spiro atoms. The van der Waals surface area contributed by atoms with Crippen LogP contribution in [-0.2, 0) is 6.54 Å². The molecule has 1 aromatic rings. The Morgan fingerprint density at radius 3 is 2.70 bits per heavy atom. The summed E-state index contributed by atoms with van der Waals surface area (Å²) in [6, 6.07) is 8.11. The van der Waals surface area contributed by atoms with Gasteiger partial charge in [-0.15, -0.1) is 0 Å². The van der Waals surface area contributed by atoms with Gasteiger partial charge in [0.05, 0.1) is 25.2 Å². The fourth-order valence-electron chi connectivity index (χ4n) is 1.67. The molecule has 0 radical (unpaired) electrons. The molecule has 4 nitrogen and oxygen atoms in total. The predicted octanol–water partition coefficient (Wildman–Crippen LogP) is 3.12. The quantitative estimate of drug-likeness (QED) is 0.792. The van der Waals surface area contributed by atoms with Crippen LogP contribution in [0, 0.1) is 16.7 Å². The summed E-state index contributed by atoms with van der Waals surface area (Å²) in [6.45, 7) is 8.10. The molecule has 1 N–H and O–H groups in total. The molecular weight excluding hydrogens is 252 g/mol. The molecule has 1 aromatic carbocycles. The van der Waals surface area contributed by atoms with Crippen LogP contribution in [0.1, 0.15) is 32.8 Å². The highest BCUT2D eigenvalue weighted by Crippen LogP contribution is 2.26. The number of methoxy groups -OCH3 is 1. The van der Waals surface area contributed by atoms with Crippen molar-refractivity contribution < 1.29 is 9.47 Å². The molecule has 0 aliphatic carbocycles. The Balaban J connectivity index is 2.72. The van der Waals surface area contributed by atoms with Crippen molar-refractivity contribution in [1.29, 1.82) is 5.26 Å². The van der Waals surface area contributed by atoms with E-state index in [-0.39, 0.29) is 5.41 Å². The molecule has 0 aliphatic rings. The SMILES string of the molecule is CCNCc1ccc(OC)cc1OCCC(C)(C)C#N. The summed E-state index contributed by atoms with van der Waals surface area (Å²) in [5, 5.41) is 12.3. The average molecular weight is 276 g/mol. The van der Waals surface area contributed by atoms with Crippen molar-refractivity contribution in [2.45, 2.75) is 33.7 Å². The Labute approximate surface area is 121 Å². The predicted molar refractivity (Wildman–Crippen MR) is 79.9 cm³/mol. The van der Waals surface area contributed by atoms with E-state index in [9.17, 15) is 0 Å². The molecule has 0 saturated heterocycles. The van der Waals surface area contributed by atoms with Gasteiger partial charge in [-0.05, 0) is 32.9 Å². The number of nitrogens with one attached hydrogen (secondary N) is 1. The van der Waals surface area contributed by atoms with E-state index in [1.54, 1.807) is 7.11 Å². The molecular formula is C16H24N2O2. The van der Waals surface area contributed by atoms with E-state index in [1.807, 2.05) is 32.0 Å². The van der Waals surface area contributed by atoms with Crippen molar-refractivity contribution >= 4 is 0 Å². The van der Waals surface area contributed by atoms with Crippen LogP contribution >= 0.6 is 0 Å². The van der Waals surface area contributed by atoms with Crippen LogP contribution in [0.4, 0.5) is 0 Å². The van der Waals surface area contributed by atoms with Crippen LogP contribution in [0.15, 0.2) is 18.2 Å². The molecule has 110 valence electrons. The normalized spacial score (nSPS) is 10.9. The molecule has 0 saturated carbocycles. The Kier molecular flexibility index (Phi) is 6.33. The van der Waals surface area contributed by atoms with E-state index in [4.69, 9.17) is 14.7 Å². The molecule has 20 heavy (non-hydrogen) atoms. The number of rotatable bonds is 8. The summed E-state index contributed by atoms with van der Waals surface area (Å²) in [4.78, 5) is 0. The monoisotopic (exact) mass is 276 g/mol. The second-order valence-corrected chi connectivity index (χ2v) is 5.35. The summed E-state index contributed by atoms with van der Waals surface area (Å²) in [5.74, 6) is 1.60. The maximum absolute atomic E-state index is 9.01. The first-order valence-electron chi connectivity index (χ1n) is 6.94. The lowest BCUT2D eigenvalue weighted by Crippen LogP contribution is -2.15. The topological polar surface area (TPSA) is 54.3 Å². The van der Waals surface area contributed by atoms with Crippen molar-refractivity contribution in [3.8, 4) is 17.6 Å². The minimum atomic E-state index is -0.360. The Morgan fingerprint density at radius 1 is 1.35 bits per heavy atom. The van der Waals surface area contributed by atoms with Gasteiger partial charge >= 0.3 is 0 Å². The molecule has 0 aliphatic heterocycles. The largest absolute Gasteiger partial charge is 0.497 e. The zero-order valence-corrected chi connectivity index (χ0v) is 12.8. The van der Waals surface area contributed by atoms with Crippen molar-refractivity contribution in [2.75, 3.05) is 20.3 Å². The summed E-state index contributed by atoms with van der Waals surface area (Å²) in [6.07, 6.45) is 0.696. The van der Waals surface area contributed by atoms with Gasteiger partial charge in [0, 0.05) is 18.2 Å². The van der Waals surface area contributed by atoms with Gasteiger partial charge in [-0.2, -0.15) is 5.26 Å². The first-order valence-corrected chi connectivity index (χ1v) is 6.94. The highest BCUT2D eigenvalue weighted by molar-refractivity contribution is 5.40. The van der Waals surface area contributed by atoms with Crippen LogP contribution in [0.5, 0.6) is 11.5 Å². The summed E-state index contributed by atoms with van der Waals surface area (Å²) >= 11 is 0. The van der Waals surface area contributed by atoms with E-state index < -0.39 is 0 Å². The second-order valence-electron chi connectivity index (χ2n) is 5.35. The number of hydrogen-bond acceptors (Lipinski definition) is 4. The van der Waals surface area contributed by atoms with Gasteiger partial charge < -0.3 is 14.8 Å². The lowest BCUT2D eigenvalue weighted by molar-refractivity contribution is 0.260. The van der Waals surface area contributed by atoms with Gasteiger partial charge in [0.1, 0.15) is 11.5 Å². The number of ether oxygens (including phenoxy) is 2. The van der Waals surface area contributed by atoms with Gasteiger partial charge in [-0.3, -0.25) is 0 Å². The highest BCUT2D eigenvalue weighted by atomic mass is 16.5. The number of hydrogen-bond donors (Lipinski definition) is 1. The van der Waals surface area contributed by atoms with Gasteiger partial charge in [0.15, 0.2) is 0 Å². The van der Waals surface area contributed by atoms with Crippen molar-refractivity contribution in [3.63, 3.8) is 0 Å².